The molecular formula is C13H8N4O4. The molecule has 21 heavy (non-hydrogen) atoms. The van der Waals surface area contributed by atoms with Crippen molar-refractivity contribution in [1.82, 2.24) is 4.98 Å². The van der Waals surface area contributed by atoms with Gasteiger partial charge >= 0.3 is 11.7 Å². The zero-order valence-corrected chi connectivity index (χ0v) is 10.5. The highest BCUT2D eigenvalue weighted by molar-refractivity contribution is 5.86. The molecule has 8 heteroatoms. The van der Waals surface area contributed by atoms with Crippen LogP contribution in [0.3, 0.4) is 0 Å². The number of nitrogens with one attached hydrogen (secondary N) is 1. The number of rotatable bonds is 4. The zero-order chi connectivity index (χ0) is 15.4. The first-order chi connectivity index (χ1) is 10.0. The second kappa shape index (κ2) is 5.66. The Hall–Kier alpha value is -3.47. The van der Waals surface area contributed by atoms with Crippen molar-refractivity contribution in [3.63, 3.8) is 0 Å². The summed E-state index contributed by atoms with van der Waals surface area (Å²) in [5, 5.41) is 31.3. The van der Waals surface area contributed by atoms with Crippen LogP contribution >= 0.6 is 0 Å². The molecule has 0 fully saturated rings. The molecule has 0 aliphatic heterocycles. The normalized spacial score (nSPS) is 9.67. The van der Waals surface area contributed by atoms with Gasteiger partial charge in [0.05, 0.1) is 16.6 Å². The lowest BCUT2D eigenvalue weighted by Gasteiger charge is -2.07. The number of anilines is 2. The van der Waals surface area contributed by atoms with Crippen molar-refractivity contribution in [2.24, 2.45) is 0 Å². The zero-order valence-electron chi connectivity index (χ0n) is 10.5. The Morgan fingerprint density at radius 2 is 2.14 bits per heavy atom. The maximum absolute atomic E-state index is 10.9. The van der Waals surface area contributed by atoms with Crippen LogP contribution in [0.5, 0.6) is 0 Å². The minimum absolute atomic E-state index is 0.199. The summed E-state index contributed by atoms with van der Waals surface area (Å²) < 4.78 is 0. The molecular weight excluding hydrogens is 276 g/mol. The van der Waals surface area contributed by atoms with E-state index in [9.17, 15) is 14.9 Å². The second-order valence-electron chi connectivity index (χ2n) is 3.94. The van der Waals surface area contributed by atoms with Gasteiger partial charge in [0.25, 0.3) is 0 Å². The largest absolute Gasteiger partial charge is 0.477 e. The van der Waals surface area contributed by atoms with Gasteiger partial charge in [-0.3, -0.25) is 10.1 Å². The number of aromatic carboxylic acids is 1. The van der Waals surface area contributed by atoms with Gasteiger partial charge in [0, 0.05) is 11.8 Å². The number of pyridine rings is 1. The maximum Gasteiger partial charge on any atom is 0.354 e. The van der Waals surface area contributed by atoms with Gasteiger partial charge in [-0.25, -0.2) is 9.78 Å². The molecule has 0 saturated carbocycles. The molecule has 2 rings (SSSR count). The first-order valence-electron chi connectivity index (χ1n) is 5.67. The summed E-state index contributed by atoms with van der Waals surface area (Å²) in [7, 11) is 0. The summed E-state index contributed by atoms with van der Waals surface area (Å²) in [5.74, 6) is -1.49. The molecule has 1 heterocycles. The molecule has 0 aliphatic carbocycles. The quantitative estimate of drug-likeness (QED) is 0.650. The Balaban J connectivity index is 2.45. The standard InChI is InChI=1S/C13H8N4O4/c14-7-8-2-1-3-9(6-8)15-12-11(17(20)21)5-4-10(16-12)13(18)19/h1-6H,(H,15,16)(H,18,19). The lowest BCUT2D eigenvalue weighted by molar-refractivity contribution is -0.384. The van der Waals surface area contributed by atoms with E-state index in [2.05, 4.69) is 10.3 Å². The van der Waals surface area contributed by atoms with Crippen molar-refractivity contribution >= 4 is 23.2 Å². The highest BCUT2D eigenvalue weighted by Crippen LogP contribution is 2.26. The van der Waals surface area contributed by atoms with E-state index in [1.165, 1.54) is 6.07 Å². The summed E-state index contributed by atoms with van der Waals surface area (Å²) >= 11 is 0. The van der Waals surface area contributed by atoms with Gasteiger partial charge in [-0.2, -0.15) is 5.26 Å². The molecule has 0 amide bonds. The molecule has 1 aromatic heterocycles. The highest BCUT2D eigenvalue weighted by atomic mass is 16.6. The molecule has 1 aromatic carbocycles. The second-order valence-corrected chi connectivity index (χ2v) is 3.94. The van der Waals surface area contributed by atoms with Crippen LogP contribution in [0.4, 0.5) is 17.2 Å². The SMILES string of the molecule is N#Cc1cccc(Nc2nc(C(=O)O)ccc2[N+](=O)[O-])c1. The summed E-state index contributed by atoms with van der Waals surface area (Å²) in [6.45, 7) is 0. The minimum Gasteiger partial charge on any atom is -0.477 e. The number of nitrogens with zero attached hydrogens (tertiary/aromatic N) is 3. The average molecular weight is 284 g/mol. The van der Waals surface area contributed by atoms with Gasteiger partial charge in [0.2, 0.25) is 5.82 Å². The Bertz CT molecular complexity index is 767. The average Bonchev–Trinajstić information content (AvgIpc) is 2.47. The van der Waals surface area contributed by atoms with Gasteiger partial charge < -0.3 is 10.4 Å². The fourth-order valence-corrected chi connectivity index (χ4v) is 1.61. The van der Waals surface area contributed by atoms with Gasteiger partial charge in [-0.1, -0.05) is 6.07 Å². The van der Waals surface area contributed by atoms with E-state index in [0.717, 1.165) is 12.1 Å². The Kier molecular flexibility index (Phi) is 3.76. The summed E-state index contributed by atoms with van der Waals surface area (Å²) in [6.07, 6.45) is 0. The number of nitriles is 1. The number of nitro groups is 1. The third-order valence-corrected chi connectivity index (χ3v) is 2.54. The molecule has 0 atom stereocenters. The predicted octanol–water partition coefficient (Wildman–Crippen LogP) is 2.30. The first-order valence-corrected chi connectivity index (χ1v) is 5.67. The number of carboxylic acid groups (broad SMARTS) is 1. The van der Waals surface area contributed by atoms with Crippen LogP contribution in [0.1, 0.15) is 16.1 Å². The molecule has 0 saturated heterocycles. The molecule has 0 bridgehead atoms. The van der Waals surface area contributed by atoms with E-state index in [1.54, 1.807) is 18.2 Å². The maximum atomic E-state index is 10.9. The topological polar surface area (TPSA) is 129 Å². The first kappa shape index (κ1) is 14.0. The number of carbonyl (C=O) groups is 1. The van der Waals surface area contributed by atoms with Crippen LogP contribution in [-0.2, 0) is 0 Å². The van der Waals surface area contributed by atoms with Gasteiger partial charge in [-0.05, 0) is 24.3 Å². The highest BCUT2D eigenvalue weighted by Gasteiger charge is 2.18. The molecule has 0 unspecified atom stereocenters. The van der Waals surface area contributed by atoms with Crippen molar-refractivity contribution in [2.75, 3.05) is 5.32 Å². The predicted molar refractivity (Wildman–Crippen MR) is 72.3 cm³/mol. The van der Waals surface area contributed by atoms with Crippen molar-refractivity contribution in [3.8, 4) is 6.07 Å². The fourth-order valence-electron chi connectivity index (χ4n) is 1.61. The molecule has 2 aromatic rings. The summed E-state index contributed by atoms with van der Waals surface area (Å²) in [4.78, 5) is 24.9. The number of carboxylic acids is 1. The van der Waals surface area contributed by atoms with E-state index in [0.29, 0.717) is 11.3 Å². The third-order valence-electron chi connectivity index (χ3n) is 2.54. The van der Waals surface area contributed by atoms with Crippen molar-refractivity contribution in [2.45, 2.75) is 0 Å². The number of benzene rings is 1. The molecule has 0 spiro atoms. The molecule has 8 nitrogen and oxygen atoms in total. The van der Waals surface area contributed by atoms with Crippen LogP contribution in [0.15, 0.2) is 36.4 Å². The number of hydrogen-bond acceptors (Lipinski definition) is 6. The van der Waals surface area contributed by atoms with E-state index in [-0.39, 0.29) is 17.2 Å². The van der Waals surface area contributed by atoms with Crippen molar-refractivity contribution < 1.29 is 14.8 Å². The lowest BCUT2D eigenvalue weighted by Crippen LogP contribution is -2.06. The monoisotopic (exact) mass is 284 g/mol. The lowest BCUT2D eigenvalue weighted by atomic mass is 10.2. The van der Waals surface area contributed by atoms with E-state index >= 15 is 0 Å². The summed E-state index contributed by atoms with van der Waals surface area (Å²) in [6, 6.07) is 10.3. The van der Waals surface area contributed by atoms with E-state index < -0.39 is 10.9 Å². The number of hydrogen-bond donors (Lipinski definition) is 2. The molecule has 2 N–H and O–H groups in total. The van der Waals surface area contributed by atoms with Crippen molar-refractivity contribution in [3.05, 3.63) is 57.8 Å². The number of aromatic nitrogens is 1. The Morgan fingerprint density at radius 1 is 1.38 bits per heavy atom. The molecule has 0 aliphatic rings. The summed E-state index contributed by atoms with van der Waals surface area (Å²) in [5.41, 5.74) is 0.0751. The van der Waals surface area contributed by atoms with E-state index in [4.69, 9.17) is 10.4 Å². The molecule has 0 radical (unpaired) electrons. The van der Waals surface area contributed by atoms with Crippen LogP contribution in [0, 0.1) is 21.4 Å². The van der Waals surface area contributed by atoms with E-state index in [1.807, 2.05) is 6.07 Å². The fraction of sp³-hybridized carbons (Fsp3) is 0. The van der Waals surface area contributed by atoms with Crippen LogP contribution in [0.2, 0.25) is 0 Å². The van der Waals surface area contributed by atoms with Crippen LogP contribution < -0.4 is 5.32 Å². The minimum atomic E-state index is -1.29. The smallest absolute Gasteiger partial charge is 0.354 e. The Labute approximate surface area is 118 Å². The molecule has 104 valence electrons. The Morgan fingerprint density at radius 3 is 2.76 bits per heavy atom. The van der Waals surface area contributed by atoms with Crippen molar-refractivity contribution in [1.29, 1.82) is 5.26 Å². The van der Waals surface area contributed by atoms with Gasteiger partial charge in [-0.15, -0.1) is 0 Å². The third kappa shape index (κ3) is 3.10. The van der Waals surface area contributed by atoms with Crippen LogP contribution in [-0.4, -0.2) is 21.0 Å². The van der Waals surface area contributed by atoms with Gasteiger partial charge in [0.1, 0.15) is 0 Å². The van der Waals surface area contributed by atoms with Crippen LogP contribution in [0.25, 0.3) is 0 Å². The van der Waals surface area contributed by atoms with Gasteiger partial charge in [0.15, 0.2) is 5.69 Å².